The number of nitrogens with zero attached hydrogens (tertiary/aromatic N) is 6. The number of amides is 2. The maximum Gasteiger partial charge on any atom is 0.411 e. The Morgan fingerprint density at radius 1 is 0.979 bits per heavy atom. The van der Waals surface area contributed by atoms with E-state index in [2.05, 4.69) is 36.4 Å². The Labute approximate surface area is 278 Å². The second-order valence-corrected chi connectivity index (χ2v) is 10.8. The molecule has 47 heavy (non-hydrogen) atoms. The molecule has 0 saturated carbocycles. The lowest BCUT2D eigenvalue weighted by molar-refractivity contribution is -0.137. The van der Waals surface area contributed by atoms with E-state index in [1.807, 2.05) is 30.3 Å². The molecule has 13 nitrogen and oxygen atoms in total. The van der Waals surface area contributed by atoms with Crippen LogP contribution in [0.4, 0.5) is 10.5 Å². The number of carboxylic acid groups (broad SMARTS) is 1. The van der Waals surface area contributed by atoms with E-state index in [4.69, 9.17) is 33.0 Å². The van der Waals surface area contributed by atoms with Gasteiger partial charge >= 0.3 is 12.1 Å². The predicted octanol–water partition coefficient (Wildman–Crippen LogP) is 5.56. The van der Waals surface area contributed by atoms with Crippen LogP contribution in [-0.4, -0.2) is 60.1 Å². The third kappa shape index (κ3) is 9.19. The Balaban J connectivity index is 1.36. The van der Waals surface area contributed by atoms with Crippen molar-refractivity contribution < 1.29 is 24.2 Å². The largest absolute Gasteiger partial charge is 0.481 e. The number of hydrogen-bond donors (Lipinski definition) is 3. The molecule has 0 radical (unpaired) electrons. The molecular weight excluding hydrogens is 647 g/mol. The van der Waals surface area contributed by atoms with E-state index in [-0.39, 0.29) is 18.2 Å². The Morgan fingerprint density at radius 2 is 1.77 bits per heavy atom. The fourth-order valence-corrected chi connectivity index (χ4v) is 4.87. The molecule has 1 atom stereocenters. The number of nitrogens with one attached hydrogen (secondary N) is 2. The number of aromatic nitrogens is 6. The van der Waals surface area contributed by atoms with Gasteiger partial charge in [-0.05, 0) is 70.4 Å². The quantitative estimate of drug-likeness (QED) is 0.142. The lowest BCUT2D eigenvalue weighted by atomic mass is 10.00. The molecule has 5 aromatic rings. The van der Waals surface area contributed by atoms with E-state index in [0.717, 1.165) is 5.56 Å². The Kier molecular flexibility index (Phi) is 10.8. The first-order chi connectivity index (χ1) is 22.7. The van der Waals surface area contributed by atoms with Gasteiger partial charge in [0.1, 0.15) is 12.9 Å². The minimum absolute atomic E-state index is 0.142. The average Bonchev–Trinajstić information content (AvgIpc) is 3.60. The van der Waals surface area contributed by atoms with Crippen LogP contribution in [0, 0.1) is 0 Å². The maximum atomic E-state index is 13.3. The molecule has 5 rings (SSSR count). The number of ether oxygens (including phenoxy) is 1. The van der Waals surface area contributed by atoms with Gasteiger partial charge in [0, 0.05) is 27.9 Å². The van der Waals surface area contributed by atoms with Crippen molar-refractivity contribution in [3.05, 3.63) is 118 Å². The molecule has 0 aliphatic carbocycles. The monoisotopic (exact) mass is 672 g/mol. The highest BCUT2D eigenvalue weighted by molar-refractivity contribution is 6.32. The standard InChI is InChI=1S/C32H26Cl2N8O5/c33-23-9-12-28(42-19-35-40-41-42)22(17-23)8-13-29(43)37-26(16-20-4-2-1-3-5-20)27-18-25(31(34)39-38-27)21-6-10-24(11-7-21)36-32(46)47-15-14-30(44)45/h1-13,17-19,26H,14-16H2,(H,36,46)(H,37,43)(H,44,45)/b13-8+/t26-/m0/s1. The number of benzene rings is 3. The van der Waals surface area contributed by atoms with E-state index in [9.17, 15) is 14.4 Å². The van der Waals surface area contributed by atoms with Gasteiger partial charge in [0.15, 0.2) is 5.15 Å². The molecule has 2 heterocycles. The summed E-state index contributed by atoms with van der Waals surface area (Å²) >= 11 is 12.7. The zero-order valence-electron chi connectivity index (χ0n) is 24.5. The minimum atomic E-state index is -1.07. The van der Waals surface area contributed by atoms with Gasteiger partial charge in [0.05, 0.1) is 23.8 Å². The summed E-state index contributed by atoms with van der Waals surface area (Å²) in [5.41, 5.74) is 4.35. The number of rotatable bonds is 12. The third-order valence-corrected chi connectivity index (χ3v) is 7.23. The van der Waals surface area contributed by atoms with Crippen molar-refractivity contribution >= 4 is 52.9 Å². The summed E-state index contributed by atoms with van der Waals surface area (Å²) in [6.07, 6.45) is 3.79. The topological polar surface area (TPSA) is 174 Å². The summed E-state index contributed by atoms with van der Waals surface area (Å²) in [4.78, 5) is 35.9. The Morgan fingerprint density at radius 3 is 2.49 bits per heavy atom. The summed E-state index contributed by atoms with van der Waals surface area (Å²) in [7, 11) is 0. The second kappa shape index (κ2) is 15.6. The van der Waals surface area contributed by atoms with Gasteiger partial charge in [-0.25, -0.2) is 4.79 Å². The van der Waals surface area contributed by atoms with Gasteiger partial charge in [0.2, 0.25) is 5.91 Å². The van der Waals surface area contributed by atoms with Crippen LogP contribution in [0.5, 0.6) is 0 Å². The summed E-state index contributed by atoms with van der Waals surface area (Å²) < 4.78 is 6.33. The molecule has 0 aliphatic rings. The van der Waals surface area contributed by atoms with Crippen molar-refractivity contribution in [3.63, 3.8) is 0 Å². The molecule has 0 fully saturated rings. The third-order valence-electron chi connectivity index (χ3n) is 6.71. The summed E-state index contributed by atoms with van der Waals surface area (Å²) in [6.45, 7) is -0.251. The van der Waals surface area contributed by atoms with Crippen molar-refractivity contribution in [3.8, 4) is 16.8 Å². The second-order valence-electron chi connectivity index (χ2n) is 10.00. The Bertz CT molecular complexity index is 1890. The molecule has 2 aromatic heterocycles. The summed E-state index contributed by atoms with van der Waals surface area (Å²) in [5.74, 6) is -1.46. The molecule has 0 unspecified atom stereocenters. The van der Waals surface area contributed by atoms with Gasteiger partial charge in [-0.3, -0.25) is 14.9 Å². The summed E-state index contributed by atoms with van der Waals surface area (Å²) in [5, 5.41) is 34.6. The normalized spacial score (nSPS) is 11.6. The van der Waals surface area contributed by atoms with Crippen LogP contribution in [-0.2, 0) is 20.7 Å². The van der Waals surface area contributed by atoms with E-state index < -0.39 is 24.0 Å². The van der Waals surface area contributed by atoms with Crippen LogP contribution < -0.4 is 10.6 Å². The zero-order chi connectivity index (χ0) is 33.2. The summed E-state index contributed by atoms with van der Waals surface area (Å²) in [6, 6.07) is 22.6. The van der Waals surface area contributed by atoms with Crippen molar-refractivity contribution in [1.82, 2.24) is 35.7 Å². The molecule has 2 amide bonds. The van der Waals surface area contributed by atoms with Gasteiger partial charge in [0.25, 0.3) is 0 Å². The van der Waals surface area contributed by atoms with Crippen molar-refractivity contribution in [1.29, 1.82) is 0 Å². The smallest absolute Gasteiger partial charge is 0.411 e. The Hall–Kier alpha value is -5.66. The lowest BCUT2D eigenvalue weighted by Gasteiger charge is -2.18. The van der Waals surface area contributed by atoms with Crippen LogP contribution in [0.25, 0.3) is 22.9 Å². The van der Waals surface area contributed by atoms with Crippen molar-refractivity contribution in [2.45, 2.75) is 18.9 Å². The fourth-order valence-electron chi connectivity index (χ4n) is 4.49. The van der Waals surface area contributed by atoms with Crippen LogP contribution in [0.2, 0.25) is 10.2 Å². The van der Waals surface area contributed by atoms with Gasteiger partial charge in [-0.15, -0.1) is 10.2 Å². The average molecular weight is 674 g/mol. The lowest BCUT2D eigenvalue weighted by Crippen LogP contribution is -2.29. The molecule has 3 N–H and O–H groups in total. The number of anilines is 1. The van der Waals surface area contributed by atoms with Gasteiger partial charge in [-0.1, -0.05) is 65.7 Å². The fraction of sp³-hybridized carbons (Fsp3) is 0.125. The highest BCUT2D eigenvalue weighted by Crippen LogP contribution is 2.30. The number of carboxylic acids is 1. The first-order valence-corrected chi connectivity index (χ1v) is 14.9. The van der Waals surface area contributed by atoms with Gasteiger partial charge in [-0.2, -0.15) is 9.78 Å². The van der Waals surface area contributed by atoms with Crippen LogP contribution in [0.15, 0.2) is 91.3 Å². The predicted molar refractivity (Wildman–Crippen MR) is 174 cm³/mol. The highest BCUT2D eigenvalue weighted by atomic mass is 35.5. The van der Waals surface area contributed by atoms with Crippen molar-refractivity contribution in [2.75, 3.05) is 11.9 Å². The maximum absolute atomic E-state index is 13.3. The van der Waals surface area contributed by atoms with E-state index in [0.29, 0.717) is 45.2 Å². The number of aliphatic carboxylic acids is 1. The molecule has 0 bridgehead atoms. The van der Waals surface area contributed by atoms with Gasteiger partial charge < -0.3 is 15.2 Å². The molecule has 15 heteroatoms. The minimum Gasteiger partial charge on any atom is -0.481 e. The number of carbonyl (C=O) groups is 3. The van der Waals surface area contributed by atoms with Crippen LogP contribution in [0.3, 0.4) is 0 Å². The number of halogens is 2. The van der Waals surface area contributed by atoms with E-state index >= 15 is 0 Å². The molecule has 3 aromatic carbocycles. The molecule has 0 saturated heterocycles. The highest BCUT2D eigenvalue weighted by Gasteiger charge is 2.19. The molecule has 238 valence electrons. The van der Waals surface area contributed by atoms with Crippen LogP contribution in [0.1, 0.15) is 29.3 Å². The first kappa shape index (κ1) is 32.7. The molecule has 0 spiro atoms. The zero-order valence-corrected chi connectivity index (χ0v) is 26.0. The number of carbonyl (C=O) groups excluding carboxylic acids is 2. The van der Waals surface area contributed by atoms with Crippen LogP contribution >= 0.6 is 23.2 Å². The first-order valence-electron chi connectivity index (χ1n) is 14.1. The number of tetrazole rings is 1. The molecule has 0 aliphatic heterocycles. The SMILES string of the molecule is O=C(O)CCOC(=O)Nc1ccc(-c2cc([C@H](Cc3ccccc3)NC(=O)/C=C/c3cc(Cl)ccc3-n3cnnn3)nnc2Cl)cc1. The van der Waals surface area contributed by atoms with E-state index in [1.54, 1.807) is 54.6 Å². The number of hydrogen-bond acceptors (Lipinski definition) is 9. The van der Waals surface area contributed by atoms with Crippen molar-refractivity contribution in [2.24, 2.45) is 0 Å². The van der Waals surface area contributed by atoms with E-state index in [1.165, 1.54) is 17.1 Å². The molecular formula is C32H26Cl2N8O5.